The highest BCUT2D eigenvalue weighted by atomic mass is 35.5. The molecule has 0 aromatic heterocycles. The Morgan fingerprint density at radius 1 is 1.24 bits per heavy atom. The number of carbonyl (C=O) groups is 2. The van der Waals surface area contributed by atoms with E-state index < -0.39 is 17.3 Å². The van der Waals surface area contributed by atoms with Gasteiger partial charge in [-0.1, -0.05) is 18.0 Å². The van der Waals surface area contributed by atoms with Crippen molar-refractivity contribution in [1.82, 2.24) is 0 Å². The predicted octanol–water partition coefficient (Wildman–Crippen LogP) is 2.53. The first kappa shape index (κ1) is 11.9. The highest BCUT2D eigenvalue weighted by Gasteiger charge is 2.51. The maximum absolute atomic E-state index is 11.9. The molecule has 0 unspecified atom stereocenters. The van der Waals surface area contributed by atoms with Crippen molar-refractivity contribution in [2.24, 2.45) is 5.41 Å². The van der Waals surface area contributed by atoms with E-state index in [1.807, 2.05) is 0 Å². The van der Waals surface area contributed by atoms with E-state index in [1.54, 1.807) is 24.3 Å². The lowest BCUT2D eigenvalue weighted by molar-refractivity contribution is -0.159. The third kappa shape index (κ3) is 2.13. The van der Waals surface area contributed by atoms with E-state index in [0.29, 0.717) is 23.6 Å². The second-order valence-electron chi connectivity index (χ2n) is 4.20. The quantitative estimate of drug-likeness (QED) is 0.814. The Kier molecular flexibility index (Phi) is 3.07. The second-order valence-corrected chi connectivity index (χ2v) is 4.64. The number of rotatable bonds is 3. The van der Waals surface area contributed by atoms with Gasteiger partial charge in [0.25, 0.3) is 0 Å². The van der Waals surface area contributed by atoms with Gasteiger partial charge in [-0.3, -0.25) is 9.59 Å². The van der Waals surface area contributed by atoms with Crippen LogP contribution in [0.3, 0.4) is 0 Å². The van der Waals surface area contributed by atoms with Crippen LogP contribution in [-0.2, 0) is 9.59 Å². The summed E-state index contributed by atoms with van der Waals surface area (Å²) in [7, 11) is 0. The van der Waals surface area contributed by atoms with Crippen LogP contribution < -0.4 is 5.32 Å². The third-order valence-electron chi connectivity index (χ3n) is 3.15. The molecule has 1 fully saturated rings. The van der Waals surface area contributed by atoms with Crippen molar-refractivity contribution >= 4 is 29.2 Å². The molecule has 1 saturated carbocycles. The summed E-state index contributed by atoms with van der Waals surface area (Å²) in [6, 6.07) is 6.58. The molecule has 0 heterocycles. The lowest BCUT2D eigenvalue weighted by Gasteiger charge is -2.35. The maximum Gasteiger partial charge on any atom is 0.319 e. The van der Waals surface area contributed by atoms with Crippen LogP contribution in [-0.4, -0.2) is 17.0 Å². The van der Waals surface area contributed by atoms with Gasteiger partial charge in [0, 0.05) is 10.7 Å². The Morgan fingerprint density at radius 2 is 1.82 bits per heavy atom. The van der Waals surface area contributed by atoms with Gasteiger partial charge in [-0.15, -0.1) is 0 Å². The van der Waals surface area contributed by atoms with Crippen molar-refractivity contribution < 1.29 is 14.7 Å². The lowest BCUT2D eigenvalue weighted by Crippen LogP contribution is -2.48. The van der Waals surface area contributed by atoms with Crippen molar-refractivity contribution in [3.8, 4) is 0 Å². The van der Waals surface area contributed by atoms with E-state index in [-0.39, 0.29) is 0 Å². The number of carboxylic acids is 1. The zero-order chi connectivity index (χ0) is 12.5. The minimum Gasteiger partial charge on any atom is -0.480 e. The SMILES string of the molecule is O=C(O)C1(C(=O)Nc2ccc(Cl)cc2)CCC1. The summed E-state index contributed by atoms with van der Waals surface area (Å²) >= 11 is 5.72. The summed E-state index contributed by atoms with van der Waals surface area (Å²) in [6.07, 6.45) is 1.59. The van der Waals surface area contributed by atoms with Crippen LogP contribution in [0.2, 0.25) is 5.02 Å². The molecule has 0 atom stereocenters. The number of nitrogens with one attached hydrogen (secondary N) is 1. The van der Waals surface area contributed by atoms with E-state index >= 15 is 0 Å². The third-order valence-corrected chi connectivity index (χ3v) is 3.41. The molecular weight excluding hydrogens is 242 g/mol. The van der Waals surface area contributed by atoms with Crippen LogP contribution in [0.5, 0.6) is 0 Å². The fourth-order valence-electron chi connectivity index (χ4n) is 1.85. The van der Waals surface area contributed by atoms with E-state index in [0.717, 1.165) is 6.42 Å². The number of hydrogen-bond donors (Lipinski definition) is 2. The number of hydrogen-bond acceptors (Lipinski definition) is 2. The van der Waals surface area contributed by atoms with Crippen molar-refractivity contribution in [2.75, 3.05) is 5.32 Å². The van der Waals surface area contributed by atoms with E-state index in [2.05, 4.69) is 5.32 Å². The molecule has 0 radical (unpaired) electrons. The number of benzene rings is 1. The molecule has 1 aromatic rings. The minimum absolute atomic E-state index is 0.405. The highest BCUT2D eigenvalue weighted by molar-refractivity contribution is 6.30. The number of aliphatic carboxylic acids is 1. The fraction of sp³-hybridized carbons (Fsp3) is 0.333. The van der Waals surface area contributed by atoms with E-state index in [9.17, 15) is 9.59 Å². The van der Waals surface area contributed by atoms with Crippen LogP contribution in [0, 0.1) is 5.41 Å². The van der Waals surface area contributed by atoms with Crippen LogP contribution in [0.1, 0.15) is 19.3 Å². The first-order chi connectivity index (χ1) is 8.04. The highest BCUT2D eigenvalue weighted by Crippen LogP contribution is 2.42. The van der Waals surface area contributed by atoms with Gasteiger partial charge in [0.2, 0.25) is 5.91 Å². The molecule has 2 rings (SSSR count). The molecule has 1 aliphatic carbocycles. The monoisotopic (exact) mass is 253 g/mol. The maximum atomic E-state index is 11.9. The van der Waals surface area contributed by atoms with Gasteiger partial charge < -0.3 is 10.4 Å². The molecular formula is C12H12ClNO3. The van der Waals surface area contributed by atoms with Crippen LogP contribution in [0.15, 0.2) is 24.3 Å². The Bertz CT molecular complexity index is 451. The van der Waals surface area contributed by atoms with Gasteiger partial charge in [-0.05, 0) is 37.1 Å². The molecule has 0 saturated heterocycles. The Balaban J connectivity index is 2.11. The molecule has 4 nitrogen and oxygen atoms in total. The summed E-state index contributed by atoms with van der Waals surface area (Å²) in [5, 5.41) is 12.3. The topological polar surface area (TPSA) is 66.4 Å². The molecule has 0 spiro atoms. The largest absolute Gasteiger partial charge is 0.480 e. The van der Waals surface area contributed by atoms with Gasteiger partial charge >= 0.3 is 5.97 Å². The van der Waals surface area contributed by atoms with Crippen molar-refractivity contribution in [2.45, 2.75) is 19.3 Å². The van der Waals surface area contributed by atoms with Gasteiger partial charge in [-0.25, -0.2) is 0 Å². The zero-order valence-corrected chi connectivity index (χ0v) is 9.83. The molecule has 17 heavy (non-hydrogen) atoms. The summed E-state index contributed by atoms with van der Waals surface area (Å²) < 4.78 is 0. The first-order valence-electron chi connectivity index (χ1n) is 5.35. The Hall–Kier alpha value is -1.55. The first-order valence-corrected chi connectivity index (χ1v) is 5.73. The minimum atomic E-state index is -1.24. The summed E-state index contributed by atoms with van der Waals surface area (Å²) in [6.45, 7) is 0. The number of carbonyl (C=O) groups excluding carboxylic acids is 1. The normalized spacial score (nSPS) is 17.0. The number of halogens is 1. The van der Waals surface area contributed by atoms with Crippen molar-refractivity contribution in [3.05, 3.63) is 29.3 Å². The summed E-state index contributed by atoms with van der Waals surface area (Å²) in [5.41, 5.74) is -0.675. The number of amides is 1. The summed E-state index contributed by atoms with van der Waals surface area (Å²) in [5.74, 6) is -1.49. The van der Waals surface area contributed by atoms with Crippen LogP contribution in [0.4, 0.5) is 5.69 Å². The van der Waals surface area contributed by atoms with Gasteiger partial charge in [-0.2, -0.15) is 0 Å². The molecule has 1 aromatic carbocycles. The average molecular weight is 254 g/mol. The van der Waals surface area contributed by atoms with Crippen molar-refractivity contribution in [3.63, 3.8) is 0 Å². The van der Waals surface area contributed by atoms with Gasteiger partial charge in [0.05, 0.1) is 0 Å². The Morgan fingerprint density at radius 3 is 2.24 bits per heavy atom. The molecule has 0 aliphatic heterocycles. The summed E-state index contributed by atoms with van der Waals surface area (Å²) in [4.78, 5) is 23.0. The molecule has 1 aliphatic rings. The average Bonchev–Trinajstić information content (AvgIpc) is 2.19. The smallest absolute Gasteiger partial charge is 0.319 e. The molecule has 90 valence electrons. The number of anilines is 1. The molecule has 5 heteroatoms. The van der Waals surface area contributed by atoms with E-state index in [4.69, 9.17) is 16.7 Å². The molecule has 1 amide bonds. The fourth-order valence-corrected chi connectivity index (χ4v) is 1.98. The molecule has 0 bridgehead atoms. The van der Waals surface area contributed by atoms with Crippen molar-refractivity contribution in [1.29, 1.82) is 0 Å². The van der Waals surface area contributed by atoms with Crippen LogP contribution in [0.25, 0.3) is 0 Å². The standard InChI is InChI=1S/C12H12ClNO3/c13-8-2-4-9(5-3-8)14-10(15)12(11(16)17)6-1-7-12/h2-5H,1,6-7H2,(H,14,15)(H,16,17). The lowest BCUT2D eigenvalue weighted by atomic mass is 9.68. The van der Waals surface area contributed by atoms with Crippen LogP contribution >= 0.6 is 11.6 Å². The van der Waals surface area contributed by atoms with E-state index in [1.165, 1.54) is 0 Å². The zero-order valence-electron chi connectivity index (χ0n) is 9.07. The second kappa shape index (κ2) is 4.37. The number of carboxylic acid groups (broad SMARTS) is 1. The Labute approximate surface area is 104 Å². The predicted molar refractivity (Wildman–Crippen MR) is 64.0 cm³/mol. The van der Waals surface area contributed by atoms with Gasteiger partial charge in [0.15, 0.2) is 0 Å². The van der Waals surface area contributed by atoms with Gasteiger partial charge in [0.1, 0.15) is 5.41 Å². The molecule has 2 N–H and O–H groups in total.